The molecule has 0 aliphatic rings. The summed E-state index contributed by atoms with van der Waals surface area (Å²) < 4.78 is 0. The maximum atomic E-state index is 9.37. The third-order valence-corrected chi connectivity index (χ3v) is 4.30. The van der Waals surface area contributed by atoms with Gasteiger partial charge in [-0.3, -0.25) is 0 Å². The second kappa shape index (κ2) is 7.64. The largest absolute Gasteiger partial charge is 0.508 e. The fraction of sp³-hybridized carbons (Fsp3) is 0.182. The molecule has 0 aliphatic heterocycles. The van der Waals surface area contributed by atoms with E-state index < -0.39 is 0 Å². The first-order chi connectivity index (χ1) is 11.3. The normalized spacial score (nSPS) is 10.8. The number of phenols is 1. The summed E-state index contributed by atoms with van der Waals surface area (Å²) >= 11 is 0. The molecule has 0 saturated heterocycles. The van der Waals surface area contributed by atoms with E-state index in [1.165, 1.54) is 16.7 Å². The van der Waals surface area contributed by atoms with Gasteiger partial charge in [0.1, 0.15) is 5.75 Å². The molecule has 3 rings (SSSR count). The van der Waals surface area contributed by atoms with Gasteiger partial charge in [-0.15, -0.1) is 0 Å². The van der Waals surface area contributed by atoms with Gasteiger partial charge in [-0.05, 0) is 48.1 Å². The molecule has 0 heterocycles. The van der Waals surface area contributed by atoms with Crippen molar-refractivity contribution in [2.24, 2.45) is 0 Å². The van der Waals surface area contributed by atoms with Crippen molar-refractivity contribution in [1.29, 1.82) is 0 Å². The van der Waals surface area contributed by atoms with Crippen molar-refractivity contribution in [3.8, 4) is 5.75 Å². The predicted octanol–water partition coefficient (Wildman–Crippen LogP) is 5.55. The number of phenolic OH excluding ortho intramolecular Hbond substituents is 1. The molecule has 1 N–H and O–H groups in total. The Hall–Kier alpha value is -2.54. The third kappa shape index (κ3) is 4.23. The van der Waals surface area contributed by atoms with Crippen LogP contribution in [0.2, 0.25) is 0 Å². The summed E-state index contributed by atoms with van der Waals surface area (Å²) in [5.41, 5.74) is 4.04. The van der Waals surface area contributed by atoms with Gasteiger partial charge < -0.3 is 5.11 Å². The quantitative estimate of drug-likeness (QED) is 0.633. The Labute approximate surface area is 138 Å². The second-order valence-electron chi connectivity index (χ2n) is 5.93. The third-order valence-electron chi connectivity index (χ3n) is 4.30. The van der Waals surface area contributed by atoms with Crippen LogP contribution >= 0.6 is 0 Å². The zero-order valence-electron chi connectivity index (χ0n) is 13.2. The van der Waals surface area contributed by atoms with Crippen LogP contribution in [0, 0.1) is 0 Å². The molecule has 23 heavy (non-hydrogen) atoms. The summed E-state index contributed by atoms with van der Waals surface area (Å²) in [7, 11) is 0. The van der Waals surface area contributed by atoms with Crippen molar-refractivity contribution in [1.82, 2.24) is 0 Å². The van der Waals surface area contributed by atoms with Crippen LogP contribution in [0.1, 0.15) is 35.4 Å². The van der Waals surface area contributed by atoms with E-state index in [0.29, 0.717) is 11.7 Å². The Morgan fingerprint density at radius 3 is 1.70 bits per heavy atom. The lowest BCUT2D eigenvalue weighted by Crippen LogP contribution is -2.02. The summed E-state index contributed by atoms with van der Waals surface area (Å²) in [6.45, 7) is 0. The number of hydrogen-bond acceptors (Lipinski definition) is 1. The minimum Gasteiger partial charge on any atom is -0.508 e. The number of hydrogen-bond donors (Lipinski definition) is 1. The van der Waals surface area contributed by atoms with Crippen molar-refractivity contribution in [3.05, 3.63) is 102 Å². The maximum Gasteiger partial charge on any atom is 0.115 e. The molecule has 0 radical (unpaired) electrons. The van der Waals surface area contributed by atoms with Crippen LogP contribution in [0.15, 0.2) is 84.9 Å². The van der Waals surface area contributed by atoms with E-state index in [2.05, 4.69) is 60.7 Å². The van der Waals surface area contributed by atoms with Crippen molar-refractivity contribution in [3.63, 3.8) is 0 Å². The molecule has 0 amide bonds. The van der Waals surface area contributed by atoms with Crippen molar-refractivity contribution in [2.75, 3.05) is 0 Å². The van der Waals surface area contributed by atoms with Crippen molar-refractivity contribution < 1.29 is 5.11 Å². The summed E-state index contributed by atoms with van der Waals surface area (Å²) in [6, 6.07) is 29.0. The highest BCUT2D eigenvalue weighted by atomic mass is 16.3. The molecule has 3 aromatic carbocycles. The average Bonchev–Trinajstić information content (AvgIpc) is 2.62. The molecule has 0 aromatic heterocycles. The van der Waals surface area contributed by atoms with Gasteiger partial charge in [0, 0.05) is 5.92 Å². The number of rotatable bonds is 6. The topological polar surface area (TPSA) is 20.2 Å². The van der Waals surface area contributed by atoms with Crippen LogP contribution in [0.3, 0.4) is 0 Å². The van der Waals surface area contributed by atoms with E-state index in [0.717, 1.165) is 19.3 Å². The number of aryl methyl sites for hydroxylation is 1. The first-order valence-corrected chi connectivity index (χ1v) is 8.21. The molecule has 3 aromatic rings. The highest BCUT2D eigenvalue weighted by Gasteiger charge is 2.13. The van der Waals surface area contributed by atoms with Crippen molar-refractivity contribution >= 4 is 0 Å². The van der Waals surface area contributed by atoms with E-state index in [4.69, 9.17) is 0 Å². The van der Waals surface area contributed by atoms with Gasteiger partial charge in [-0.2, -0.15) is 0 Å². The highest BCUT2D eigenvalue weighted by Crippen LogP contribution is 2.29. The number of benzene rings is 3. The summed E-state index contributed by atoms with van der Waals surface area (Å²) in [5.74, 6) is 0.773. The SMILES string of the molecule is Oc1ccc(CCCC(c2ccccc2)c2ccccc2)cc1. The molecule has 0 unspecified atom stereocenters. The minimum absolute atomic E-state index is 0.334. The lowest BCUT2D eigenvalue weighted by Gasteiger charge is -2.18. The smallest absolute Gasteiger partial charge is 0.115 e. The number of aromatic hydroxyl groups is 1. The molecule has 0 atom stereocenters. The predicted molar refractivity (Wildman–Crippen MR) is 95.8 cm³/mol. The summed E-state index contributed by atoms with van der Waals surface area (Å²) in [4.78, 5) is 0. The molecule has 0 fully saturated rings. The Morgan fingerprint density at radius 1 is 0.652 bits per heavy atom. The molecular weight excluding hydrogens is 280 g/mol. The fourth-order valence-electron chi connectivity index (χ4n) is 3.07. The first kappa shape index (κ1) is 15.4. The molecule has 0 bridgehead atoms. The highest BCUT2D eigenvalue weighted by molar-refractivity contribution is 5.32. The van der Waals surface area contributed by atoms with Gasteiger partial charge >= 0.3 is 0 Å². The van der Waals surface area contributed by atoms with Crippen LogP contribution in [0.4, 0.5) is 0 Å². The first-order valence-electron chi connectivity index (χ1n) is 8.21. The lowest BCUT2D eigenvalue weighted by atomic mass is 9.86. The van der Waals surface area contributed by atoms with Crippen LogP contribution < -0.4 is 0 Å². The monoisotopic (exact) mass is 302 g/mol. The molecule has 1 heteroatoms. The molecule has 0 spiro atoms. The van der Waals surface area contributed by atoms with Gasteiger partial charge in [0.05, 0.1) is 0 Å². The minimum atomic E-state index is 0.334. The van der Waals surface area contributed by atoms with E-state index >= 15 is 0 Å². The molecule has 0 aliphatic carbocycles. The van der Waals surface area contributed by atoms with E-state index in [1.807, 2.05) is 12.1 Å². The molecule has 0 saturated carbocycles. The Kier molecular flexibility index (Phi) is 5.10. The van der Waals surface area contributed by atoms with Crippen LogP contribution in [-0.2, 0) is 6.42 Å². The zero-order chi connectivity index (χ0) is 15.9. The Balaban J connectivity index is 1.71. The fourth-order valence-corrected chi connectivity index (χ4v) is 3.07. The van der Waals surface area contributed by atoms with Crippen LogP contribution in [0.25, 0.3) is 0 Å². The molecule has 1 nitrogen and oxygen atoms in total. The second-order valence-corrected chi connectivity index (χ2v) is 5.93. The van der Waals surface area contributed by atoms with Gasteiger partial charge in [-0.1, -0.05) is 72.8 Å². The van der Waals surface area contributed by atoms with Gasteiger partial charge in [0.25, 0.3) is 0 Å². The van der Waals surface area contributed by atoms with Gasteiger partial charge in [0.15, 0.2) is 0 Å². The summed E-state index contributed by atoms with van der Waals surface area (Å²) in [5, 5.41) is 9.37. The van der Waals surface area contributed by atoms with E-state index in [9.17, 15) is 5.11 Å². The van der Waals surface area contributed by atoms with Gasteiger partial charge in [-0.25, -0.2) is 0 Å². The Bertz CT molecular complexity index is 662. The maximum absolute atomic E-state index is 9.37. The standard InChI is InChI=1S/C22H22O/c23-21-16-14-18(15-17-21)8-7-13-22(19-9-3-1-4-10-19)20-11-5-2-6-12-20/h1-6,9-12,14-17,22-23H,7-8,13H2. The average molecular weight is 302 g/mol. The van der Waals surface area contributed by atoms with Crippen molar-refractivity contribution in [2.45, 2.75) is 25.2 Å². The molecule has 116 valence electrons. The van der Waals surface area contributed by atoms with E-state index in [1.54, 1.807) is 12.1 Å². The van der Waals surface area contributed by atoms with Gasteiger partial charge in [0.2, 0.25) is 0 Å². The Morgan fingerprint density at radius 2 is 1.17 bits per heavy atom. The molecular formula is C22H22O. The zero-order valence-corrected chi connectivity index (χ0v) is 13.2. The van der Waals surface area contributed by atoms with Crippen LogP contribution in [0.5, 0.6) is 5.75 Å². The lowest BCUT2D eigenvalue weighted by molar-refractivity contribution is 0.475. The van der Waals surface area contributed by atoms with E-state index in [-0.39, 0.29) is 0 Å². The summed E-state index contributed by atoms with van der Waals surface area (Å²) in [6.07, 6.45) is 3.28. The van der Waals surface area contributed by atoms with Crippen LogP contribution in [-0.4, -0.2) is 5.11 Å².